The van der Waals surface area contributed by atoms with Gasteiger partial charge in [0.05, 0.1) is 12.1 Å². The van der Waals surface area contributed by atoms with Gasteiger partial charge in [-0.15, -0.1) is 0 Å². The van der Waals surface area contributed by atoms with Gasteiger partial charge in [-0.2, -0.15) is 13.2 Å². The molecule has 1 N–H and O–H groups in total. The molecule has 1 amide bonds. The number of rotatable bonds is 4. The first-order chi connectivity index (χ1) is 11.5. The van der Waals surface area contributed by atoms with Gasteiger partial charge >= 0.3 is 6.18 Å². The molecule has 25 heavy (non-hydrogen) atoms. The number of halogens is 3. The fraction of sp³-hybridized carbons (Fsp3) is 0.611. The third-order valence-electron chi connectivity index (χ3n) is 4.01. The molecule has 0 aliphatic carbocycles. The van der Waals surface area contributed by atoms with Crippen LogP contribution in [-0.4, -0.2) is 54.0 Å². The number of carbonyl (C=O) groups is 1. The van der Waals surface area contributed by atoms with E-state index in [4.69, 9.17) is 0 Å². The summed E-state index contributed by atoms with van der Waals surface area (Å²) >= 11 is 0. The predicted molar refractivity (Wildman–Crippen MR) is 91.1 cm³/mol. The topological polar surface area (TPSA) is 35.6 Å². The molecule has 1 aliphatic heterocycles. The Hall–Kier alpha value is -1.60. The zero-order valence-electron chi connectivity index (χ0n) is 15.0. The summed E-state index contributed by atoms with van der Waals surface area (Å²) in [5.74, 6) is -0.00108. The average molecular weight is 357 g/mol. The van der Waals surface area contributed by atoms with Crippen LogP contribution in [0, 0.1) is 0 Å². The molecule has 0 spiro atoms. The summed E-state index contributed by atoms with van der Waals surface area (Å²) < 4.78 is 38.3. The molecule has 4 nitrogen and oxygen atoms in total. The Labute approximate surface area is 147 Å². The number of piperazine rings is 1. The van der Waals surface area contributed by atoms with Crippen LogP contribution in [0.3, 0.4) is 0 Å². The van der Waals surface area contributed by atoms with Gasteiger partial charge in [-0.25, -0.2) is 0 Å². The summed E-state index contributed by atoms with van der Waals surface area (Å²) in [5.41, 5.74) is -0.196. The third kappa shape index (κ3) is 6.66. The van der Waals surface area contributed by atoms with Gasteiger partial charge in [0.25, 0.3) is 0 Å². The van der Waals surface area contributed by atoms with E-state index in [2.05, 4.69) is 15.1 Å². The highest BCUT2D eigenvalue weighted by atomic mass is 19.4. The predicted octanol–water partition coefficient (Wildman–Crippen LogP) is 2.74. The van der Waals surface area contributed by atoms with E-state index in [9.17, 15) is 18.0 Å². The van der Waals surface area contributed by atoms with Crippen LogP contribution in [0.1, 0.15) is 31.9 Å². The number of benzene rings is 1. The van der Waals surface area contributed by atoms with E-state index >= 15 is 0 Å². The Balaban J connectivity index is 1.82. The van der Waals surface area contributed by atoms with Crippen molar-refractivity contribution in [1.29, 1.82) is 0 Å². The monoisotopic (exact) mass is 357 g/mol. The van der Waals surface area contributed by atoms with Crippen molar-refractivity contribution in [3.63, 3.8) is 0 Å². The van der Waals surface area contributed by atoms with Gasteiger partial charge in [0.15, 0.2) is 0 Å². The maximum atomic E-state index is 12.8. The van der Waals surface area contributed by atoms with Gasteiger partial charge in [-0.05, 0) is 32.4 Å². The highest BCUT2D eigenvalue weighted by molar-refractivity contribution is 5.78. The SMILES string of the molecule is CC(C)(C)NC(=O)CN1CCN(Cc2cccc(C(F)(F)F)c2)CC1. The molecule has 140 valence electrons. The molecule has 0 saturated carbocycles. The lowest BCUT2D eigenvalue weighted by atomic mass is 10.1. The summed E-state index contributed by atoms with van der Waals surface area (Å²) in [5, 5.41) is 2.94. The molecule has 7 heteroatoms. The number of hydrogen-bond acceptors (Lipinski definition) is 3. The Morgan fingerprint density at radius 1 is 1.08 bits per heavy atom. The summed E-state index contributed by atoms with van der Waals surface area (Å²) in [7, 11) is 0. The summed E-state index contributed by atoms with van der Waals surface area (Å²) in [6, 6.07) is 5.47. The lowest BCUT2D eigenvalue weighted by molar-refractivity contribution is -0.137. The number of alkyl halides is 3. The Morgan fingerprint density at radius 2 is 1.68 bits per heavy atom. The van der Waals surface area contributed by atoms with E-state index in [-0.39, 0.29) is 11.4 Å². The molecular weight excluding hydrogens is 331 g/mol. The lowest BCUT2D eigenvalue weighted by Crippen LogP contribution is -2.51. The minimum atomic E-state index is -4.31. The van der Waals surface area contributed by atoms with Crippen LogP contribution in [-0.2, 0) is 17.5 Å². The van der Waals surface area contributed by atoms with Gasteiger partial charge in [0.2, 0.25) is 5.91 Å². The maximum absolute atomic E-state index is 12.8. The van der Waals surface area contributed by atoms with Crippen molar-refractivity contribution in [2.75, 3.05) is 32.7 Å². The largest absolute Gasteiger partial charge is 0.416 e. The van der Waals surface area contributed by atoms with Crippen LogP contribution >= 0.6 is 0 Å². The van der Waals surface area contributed by atoms with Gasteiger partial charge in [0.1, 0.15) is 0 Å². The van der Waals surface area contributed by atoms with E-state index in [1.807, 2.05) is 20.8 Å². The molecule has 1 aliphatic rings. The normalized spacial score (nSPS) is 17.5. The minimum absolute atomic E-state index is 0.00108. The second-order valence-electron chi connectivity index (χ2n) is 7.55. The molecule has 0 atom stereocenters. The van der Waals surface area contributed by atoms with Gasteiger partial charge in [-0.1, -0.05) is 18.2 Å². The molecule has 2 rings (SSSR count). The van der Waals surface area contributed by atoms with Crippen LogP contribution in [0.15, 0.2) is 24.3 Å². The van der Waals surface area contributed by atoms with Crippen molar-refractivity contribution in [1.82, 2.24) is 15.1 Å². The minimum Gasteiger partial charge on any atom is -0.350 e. The molecular formula is C18H26F3N3O. The zero-order valence-corrected chi connectivity index (χ0v) is 15.0. The first-order valence-corrected chi connectivity index (χ1v) is 8.45. The van der Waals surface area contributed by atoms with E-state index in [0.29, 0.717) is 18.7 Å². The van der Waals surface area contributed by atoms with E-state index in [0.717, 1.165) is 32.2 Å². The van der Waals surface area contributed by atoms with Crippen LogP contribution < -0.4 is 5.32 Å². The Bertz CT molecular complexity index is 588. The standard InChI is InChI=1S/C18H26F3N3O/c1-17(2,3)22-16(25)13-24-9-7-23(8-10-24)12-14-5-4-6-15(11-14)18(19,20)21/h4-6,11H,7-10,12-13H2,1-3H3,(H,22,25). The average Bonchev–Trinajstić information content (AvgIpc) is 2.47. The number of hydrogen-bond donors (Lipinski definition) is 1. The number of carbonyl (C=O) groups excluding carboxylic acids is 1. The summed E-state index contributed by atoms with van der Waals surface area (Å²) in [6.45, 7) is 9.61. The fourth-order valence-electron chi connectivity index (χ4n) is 2.87. The first kappa shape index (κ1) is 19.7. The van der Waals surface area contributed by atoms with Crippen LogP contribution in [0.4, 0.5) is 13.2 Å². The van der Waals surface area contributed by atoms with Crippen molar-refractivity contribution in [2.24, 2.45) is 0 Å². The van der Waals surface area contributed by atoms with Crippen molar-refractivity contribution in [3.05, 3.63) is 35.4 Å². The van der Waals surface area contributed by atoms with Crippen LogP contribution in [0.2, 0.25) is 0 Å². The van der Waals surface area contributed by atoms with Crippen molar-refractivity contribution >= 4 is 5.91 Å². The van der Waals surface area contributed by atoms with Gasteiger partial charge in [-0.3, -0.25) is 14.6 Å². The second-order valence-corrected chi connectivity index (χ2v) is 7.55. The van der Waals surface area contributed by atoms with Crippen molar-refractivity contribution in [3.8, 4) is 0 Å². The number of nitrogens with one attached hydrogen (secondary N) is 1. The highest BCUT2D eigenvalue weighted by Crippen LogP contribution is 2.29. The van der Waals surface area contributed by atoms with Crippen LogP contribution in [0.5, 0.6) is 0 Å². The zero-order chi connectivity index (χ0) is 18.7. The molecule has 0 aromatic heterocycles. The Morgan fingerprint density at radius 3 is 2.24 bits per heavy atom. The molecule has 1 heterocycles. The lowest BCUT2D eigenvalue weighted by Gasteiger charge is -2.35. The van der Waals surface area contributed by atoms with Crippen molar-refractivity contribution < 1.29 is 18.0 Å². The first-order valence-electron chi connectivity index (χ1n) is 8.45. The van der Waals surface area contributed by atoms with Gasteiger partial charge in [0, 0.05) is 38.3 Å². The molecule has 0 unspecified atom stereocenters. The van der Waals surface area contributed by atoms with Crippen LogP contribution in [0.25, 0.3) is 0 Å². The summed E-state index contributed by atoms with van der Waals surface area (Å²) in [4.78, 5) is 16.1. The maximum Gasteiger partial charge on any atom is 0.416 e. The third-order valence-corrected chi connectivity index (χ3v) is 4.01. The quantitative estimate of drug-likeness (QED) is 0.900. The van der Waals surface area contributed by atoms with Crippen molar-refractivity contribution in [2.45, 2.75) is 39.0 Å². The smallest absolute Gasteiger partial charge is 0.350 e. The molecule has 1 aromatic rings. The second kappa shape index (κ2) is 7.74. The molecule has 1 aromatic carbocycles. The van der Waals surface area contributed by atoms with E-state index in [1.165, 1.54) is 12.1 Å². The molecule has 1 saturated heterocycles. The molecule has 1 fully saturated rings. The fourth-order valence-corrected chi connectivity index (χ4v) is 2.87. The Kier molecular flexibility index (Phi) is 6.11. The summed E-state index contributed by atoms with van der Waals surface area (Å²) in [6.07, 6.45) is -4.31. The molecule has 0 radical (unpaired) electrons. The van der Waals surface area contributed by atoms with E-state index in [1.54, 1.807) is 6.07 Å². The van der Waals surface area contributed by atoms with E-state index < -0.39 is 11.7 Å². The number of amides is 1. The molecule has 0 bridgehead atoms. The highest BCUT2D eigenvalue weighted by Gasteiger charge is 2.30. The number of nitrogens with zero attached hydrogens (tertiary/aromatic N) is 2. The van der Waals surface area contributed by atoms with Gasteiger partial charge < -0.3 is 5.32 Å².